The van der Waals surface area contributed by atoms with E-state index >= 15 is 0 Å². The number of likely N-dealkylation sites (tertiary alicyclic amines) is 1. The molecule has 1 saturated heterocycles. The first-order chi connectivity index (χ1) is 12.0. The molecule has 2 atom stereocenters. The van der Waals surface area contributed by atoms with Crippen LogP contribution in [0.1, 0.15) is 39.7 Å². The molecule has 1 aromatic rings. The van der Waals surface area contributed by atoms with Gasteiger partial charge in [0, 0.05) is 23.1 Å². The number of benzene rings is 1. The molecule has 1 amide bonds. The molecule has 1 aliphatic rings. The molecule has 1 N–H and O–H groups in total. The Kier molecular flexibility index (Phi) is 5.70. The Labute approximate surface area is 157 Å². The average molecular weight is 379 g/mol. The van der Waals surface area contributed by atoms with E-state index in [1.807, 2.05) is 31.2 Å². The number of thioether (sulfide) groups is 1. The molecule has 1 fully saturated rings. The Morgan fingerprint density at radius 2 is 1.81 bits per heavy atom. The highest BCUT2D eigenvalue weighted by molar-refractivity contribution is 8.00. The first kappa shape index (κ1) is 20.3. The van der Waals surface area contributed by atoms with E-state index in [2.05, 4.69) is 0 Å². The molecule has 0 unspecified atom stereocenters. The lowest BCUT2D eigenvalue weighted by atomic mass is 9.92. The molecular weight excluding hydrogens is 354 g/mol. The van der Waals surface area contributed by atoms with E-state index < -0.39 is 29.0 Å². The summed E-state index contributed by atoms with van der Waals surface area (Å²) in [6.45, 7) is 8.45. The van der Waals surface area contributed by atoms with Gasteiger partial charge in [-0.2, -0.15) is 0 Å². The molecule has 2 rings (SSSR count). The molecule has 0 aromatic heterocycles. The molecule has 1 aliphatic heterocycles. The van der Waals surface area contributed by atoms with Gasteiger partial charge in [0.25, 0.3) is 0 Å². The van der Waals surface area contributed by atoms with Crippen molar-refractivity contribution >= 4 is 29.6 Å². The number of Topliss-reactive ketones (excluding diaryl/α,β-unsaturated/α-hetero) is 1. The van der Waals surface area contributed by atoms with E-state index in [1.165, 1.54) is 18.7 Å². The van der Waals surface area contributed by atoms with Crippen molar-refractivity contribution in [2.75, 3.05) is 6.54 Å². The predicted molar refractivity (Wildman–Crippen MR) is 99.4 cm³/mol. The first-order valence-corrected chi connectivity index (χ1v) is 9.32. The molecule has 1 aromatic carbocycles. The van der Waals surface area contributed by atoms with E-state index in [1.54, 1.807) is 20.8 Å². The maximum atomic E-state index is 12.6. The van der Waals surface area contributed by atoms with Crippen LogP contribution >= 0.6 is 11.8 Å². The third kappa shape index (κ3) is 4.20. The Morgan fingerprint density at radius 3 is 2.27 bits per heavy atom. The van der Waals surface area contributed by atoms with Crippen LogP contribution in [0.15, 0.2) is 29.2 Å². The minimum absolute atomic E-state index is 0.0510. The largest absolute Gasteiger partial charge is 0.479 e. The van der Waals surface area contributed by atoms with Crippen LogP contribution in [0.2, 0.25) is 0 Å². The quantitative estimate of drug-likeness (QED) is 0.806. The fraction of sp³-hybridized carbons (Fsp3) is 0.526. The van der Waals surface area contributed by atoms with Gasteiger partial charge in [0.05, 0.1) is 0 Å². The molecule has 0 bridgehead atoms. The van der Waals surface area contributed by atoms with Gasteiger partial charge in [-0.15, -0.1) is 11.8 Å². The monoisotopic (exact) mass is 379 g/mol. The minimum Gasteiger partial charge on any atom is -0.479 e. The summed E-state index contributed by atoms with van der Waals surface area (Å²) in [6.07, 6.45) is -0.725. The highest BCUT2D eigenvalue weighted by atomic mass is 32.2. The van der Waals surface area contributed by atoms with Crippen molar-refractivity contribution in [3.8, 4) is 0 Å². The van der Waals surface area contributed by atoms with Crippen LogP contribution in [0.3, 0.4) is 0 Å². The lowest BCUT2D eigenvalue weighted by Gasteiger charge is -2.33. The second-order valence-electron chi connectivity index (χ2n) is 7.57. The number of carboxylic acid groups (broad SMARTS) is 1. The number of ketones is 1. The number of amides is 1. The van der Waals surface area contributed by atoms with Crippen LogP contribution in [-0.4, -0.2) is 50.8 Å². The summed E-state index contributed by atoms with van der Waals surface area (Å²) in [7, 11) is 0. The molecule has 142 valence electrons. The van der Waals surface area contributed by atoms with Crippen molar-refractivity contribution in [3.05, 3.63) is 29.8 Å². The maximum Gasteiger partial charge on any atom is 0.411 e. The second-order valence-corrected chi connectivity index (χ2v) is 8.94. The summed E-state index contributed by atoms with van der Waals surface area (Å²) < 4.78 is 5.35. The van der Waals surface area contributed by atoms with Crippen molar-refractivity contribution in [1.29, 1.82) is 0 Å². The second kappa shape index (κ2) is 7.31. The van der Waals surface area contributed by atoms with E-state index in [0.717, 1.165) is 15.4 Å². The number of carbonyl (C=O) groups excluding carboxylic acids is 2. The van der Waals surface area contributed by atoms with Gasteiger partial charge in [-0.3, -0.25) is 9.69 Å². The summed E-state index contributed by atoms with van der Waals surface area (Å²) in [6, 6.07) is 7.84. The summed E-state index contributed by atoms with van der Waals surface area (Å²) in [4.78, 5) is 39.0. The standard InChI is InChI=1S/C19H25NO5S/c1-12-6-8-14(9-7-12)26-15-10-19(13(2)21,16(22)23)20(11-15)17(24)25-18(3,4)5/h6-9,15H,10-11H2,1-5H3,(H,22,23)/t15-,19+/m1/s1. The highest BCUT2D eigenvalue weighted by Crippen LogP contribution is 2.40. The van der Waals surface area contributed by atoms with Gasteiger partial charge in [0.1, 0.15) is 5.60 Å². The molecular formula is C19H25NO5S. The molecule has 0 aliphatic carbocycles. The Balaban J connectivity index is 2.31. The zero-order valence-electron chi connectivity index (χ0n) is 15.7. The Morgan fingerprint density at radius 1 is 1.23 bits per heavy atom. The van der Waals surface area contributed by atoms with Gasteiger partial charge in [-0.05, 0) is 46.8 Å². The fourth-order valence-electron chi connectivity index (χ4n) is 2.99. The van der Waals surface area contributed by atoms with Crippen molar-refractivity contribution in [3.63, 3.8) is 0 Å². The third-order valence-corrected chi connectivity index (χ3v) is 5.44. The van der Waals surface area contributed by atoms with Gasteiger partial charge in [-0.25, -0.2) is 9.59 Å². The number of ether oxygens (including phenoxy) is 1. The topological polar surface area (TPSA) is 83.9 Å². The van der Waals surface area contributed by atoms with Crippen molar-refractivity contribution < 1.29 is 24.2 Å². The lowest BCUT2D eigenvalue weighted by Crippen LogP contribution is -2.58. The maximum absolute atomic E-state index is 12.6. The van der Waals surface area contributed by atoms with Crippen molar-refractivity contribution in [2.45, 2.75) is 62.3 Å². The van der Waals surface area contributed by atoms with Crippen LogP contribution < -0.4 is 0 Å². The lowest BCUT2D eigenvalue weighted by molar-refractivity contribution is -0.154. The molecule has 26 heavy (non-hydrogen) atoms. The minimum atomic E-state index is -1.88. The number of rotatable bonds is 4. The SMILES string of the molecule is CC(=O)[C@]1(C(=O)O)C[C@@H](Sc2ccc(C)cc2)CN1C(=O)OC(C)(C)C. The number of aliphatic carboxylic acids is 1. The zero-order chi connectivity index (χ0) is 19.7. The fourth-order valence-corrected chi connectivity index (χ4v) is 4.21. The Hall–Kier alpha value is -2.02. The number of hydrogen-bond acceptors (Lipinski definition) is 5. The van der Waals surface area contributed by atoms with Crippen LogP contribution in [-0.2, 0) is 14.3 Å². The van der Waals surface area contributed by atoms with Gasteiger partial charge < -0.3 is 9.84 Å². The highest BCUT2D eigenvalue weighted by Gasteiger charge is 2.58. The molecule has 7 heteroatoms. The number of aryl methyl sites for hydroxylation is 1. The van der Waals surface area contributed by atoms with Gasteiger partial charge >= 0.3 is 12.1 Å². The van der Waals surface area contributed by atoms with E-state index in [0.29, 0.717) is 0 Å². The molecule has 6 nitrogen and oxygen atoms in total. The van der Waals surface area contributed by atoms with Crippen molar-refractivity contribution in [2.24, 2.45) is 0 Å². The summed E-state index contributed by atoms with van der Waals surface area (Å²) >= 11 is 1.47. The van der Waals surface area contributed by atoms with E-state index in [9.17, 15) is 19.5 Å². The third-order valence-electron chi connectivity index (χ3n) is 4.24. The van der Waals surface area contributed by atoms with Crippen molar-refractivity contribution in [1.82, 2.24) is 4.90 Å². The molecule has 0 spiro atoms. The Bertz CT molecular complexity index is 694. The summed E-state index contributed by atoms with van der Waals surface area (Å²) in [5.41, 5.74) is -1.54. The van der Waals surface area contributed by atoms with Crippen LogP contribution in [0.25, 0.3) is 0 Å². The van der Waals surface area contributed by atoms with Gasteiger partial charge in [-0.1, -0.05) is 17.7 Å². The van der Waals surface area contributed by atoms with Gasteiger partial charge in [0.2, 0.25) is 5.54 Å². The predicted octanol–water partition coefficient (Wildman–Crippen LogP) is 3.51. The number of nitrogens with zero attached hydrogens (tertiary/aromatic N) is 1. The summed E-state index contributed by atoms with van der Waals surface area (Å²) in [5, 5.41) is 9.58. The zero-order valence-corrected chi connectivity index (χ0v) is 16.6. The smallest absolute Gasteiger partial charge is 0.411 e. The van der Waals surface area contributed by atoms with Crippen LogP contribution in [0.4, 0.5) is 4.79 Å². The molecule has 0 radical (unpaired) electrons. The first-order valence-electron chi connectivity index (χ1n) is 8.44. The molecule has 1 heterocycles. The number of carboxylic acids is 1. The average Bonchev–Trinajstić information content (AvgIpc) is 2.89. The molecule has 0 saturated carbocycles. The summed E-state index contributed by atoms with van der Waals surface area (Å²) in [5.74, 6) is -1.88. The van der Waals surface area contributed by atoms with Crippen LogP contribution in [0.5, 0.6) is 0 Å². The normalized spacial score (nSPS) is 23.0. The van der Waals surface area contributed by atoms with E-state index in [4.69, 9.17) is 4.74 Å². The number of hydrogen-bond donors (Lipinski definition) is 1. The van der Waals surface area contributed by atoms with Gasteiger partial charge in [0.15, 0.2) is 5.78 Å². The number of carbonyl (C=O) groups is 3. The van der Waals surface area contributed by atoms with Crippen LogP contribution in [0, 0.1) is 6.92 Å². The van der Waals surface area contributed by atoms with E-state index in [-0.39, 0.29) is 18.2 Å².